The number of benzene rings is 3. The molecule has 1 heterocycles. The van der Waals surface area contributed by atoms with Gasteiger partial charge in [0.2, 0.25) is 5.91 Å². The number of carbonyl (C=O) groups excluding carboxylic acids is 1. The Morgan fingerprint density at radius 3 is 2.17 bits per heavy atom. The molecule has 6 nitrogen and oxygen atoms in total. The molecule has 4 rings (SSSR count). The van der Waals surface area contributed by atoms with Crippen LogP contribution in [0.2, 0.25) is 0 Å². The van der Waals surface area contributed by atoms with E-state index in [4.69, 9.17) is 9.47 Å². The number of ether oxygens (including phenoxy) is 2. The summed E-state index contributed by atoms with van der Waals surface area (Å²) in [5, 5.41) is 3.81. The van der Waals surface area contributed by atoms with Crippen molar-refractivity contribution in [2.75, 3.05) is 19.5 Å². The van der Waals surface area contributed by atoms with Crippen molar-refractivity contribution < 1.29 is 14.3 Å². The van der Waals surface area contributed by atoms with Crippen LogP contribution in [0.15, 0.2) is 77.6 Å². The lowest BCUT2D eigenvalue weighted by atomic mass is 10.0. The molecule has 186 valence electrons. The highest BCUT2D eigenvalue weighted by atomic mass is 16.5. The van der Waals surface area contributed by atoms with Crippen LogP contribution in [0.4, 0.5) is 5.69 Å². The molecule has 0 aliphatic carbocycles. The van der Waals surface area contributed by atoms with Gasteiger partial charge in [0.15, 0.2) is 0 Å². The van der Waals surface area contributed by atoms with Crippen LogP contribution in [0.3, 0.4) is 0 Å². The Balaban J connectivity index is 1.61. The van der Waals surface area contributed by atoms with Crippen molar-refractivity contribution in [1.29, 1.82) is 0 Å². The van der Waals surface area contributed by atoms with Gasteiger partial charge in [-0.05, 0) is 77.7 Å². The van der Waals surface area contributed by atoms with Gasteiger partial charge in [-0.25, -0.2) is 0 Å². The molecule has 0 saturated carbocycles. The van der Waals surface area contributed by atoms with Crippen LogP contribution in [0.5, 0.6) is 11.5 Å². The summed E-state index contributed by atoms with van der Waals surface area (Å²) < 4.78 is 12.1. The van der Waals surface area contributed by atoms with Crippen molar-refractivity contribution >= 4 is 22.5 Å². The average molecular weight is 485 g/mol. The standard InChI is InChI=1S/C30H32N2O4/c1-20(2)22-9-12-25(13-10-22)31-29(33)19-32-28-18-27(36-4)16-11-23(28)17-24(30(32)34)8-5-21-6-14-26(35-3)15-7-21/h6-7,9-18,20H,5,8,19H2,1-4H3,(H,31,33). The Labute approximate surface area is 211 Å². The van der Waals surface area contributed by atoms with E-state index in [1.54, 1.807) is 24.9 Å². The highest BCUT2D eigenvalue weighted by molar-refractivity contribution is 5.92. The van der Waals surface area contributed by atoms with Gasteiger partial charge < -0.3 is 14.8 Å². The van der Waals surface area contributed by atoms with E-state index >= 15 is 0 Å². The van der Waals surface area contributed by atoms with Gasteiger partial charge in [-0.1, -0.05) is 38.1 Å². The fourth-order valence-electron chi connectivity index (χ4n) is 4.24. The molecule has 0 aliphatic heterocycles. The largest absolute Gasteiger partial charge is 0.497 e. The molecule has 1 aromatic heterocycles. The number of amides is 1. The van der Waals surface area contributed by atoms with Crippen LogP contribution in [0.1, 0.15) is 36.5 Å². The summed E-state index contributed by atoms with van der Waals surface area (Å²) in [5.41, 5.74) is 4.17. The first-order chi connectivity index (χ1) is 17.4. The van der Waals surface area contributed by atoms with Crippen LogP contribution in [-0.4, -0.2) is 24.7 Å². The van der Waals surface area contributed by atoms with Gasteiger partial charge >= 0.3 is 0 Å². The molecule has 36 heavy (non-hydrogen) atoms. The maximum absolute atomic E-state index is 13.5. The third-order valence-corrected chi connectivity index (χ3v) is 6.38. The predicted octanol–water partition coefficient (Wildman–Crippen LogP) is 5.57. The second kappa shape index (κ2) is 11.1. The first kappa shape index (κ1) is 25.0. The van der Waals surface area contributed by atoms with E-state index in [-0.39, 0.29) is 18.0 Å². The number of fused-ring (bicyclic) bond motifs is 1. The molecule has 6 heteroatoms. The predicted molar refractivity (Wildman–Crippen MR) is 144 cm³/mol. The molecule has 0 radical (unpaired) electrons. The molecule has 0 fully saturated rings. The number of hydrogen-bond acceptors (Lipinski definition) is 4. The molecule has 0 unspecified atom stereocenters. The van der Waals surface area contributed by atoms with Crippen LogP contribution in [0, 0.1) is 0 Å². The van der Waals surface area contributed by atoms with Crippen LogP contribution in [0.25, 0.3) is 10.9 Å². The Kier molecular flexibility index (Phi) is 7.74. The summed E-state index contributed by atoms with van der Waals surface area (Å²) in [4.78, 5) is 26.5. The van der Waals surface area contributed by atoms with Crippen molar-refractivity contribution in [2.45, 2.75) is 39.2 Å². The van der Waals surface area contributed by atoms with Gasteiger partial charge in [0, 0.05) is 17.3 Å². The lowest BCUT2D eigenvalue weighted by Gasteiger charge is -2.15. The van der Waals surface area contributed by atoms with Crippen molar-refractivity contribution in [3.05, 3.63) is 99.8 Å². The van der Waals surface area contributed by atoms with Gasteiger partial charge in [-0.15, -0.1) is 0 Å². The molecule has 0 spiro atoms. The molecule has 0 bridgehead atoms. The average Bonchev–Trinajstić information content (AvgIpc) is 2.89. The van der Waals surface area contributed by atoms with Gasteiger partial charge in [0.1, 0.15) is 18.0 Å². The van der Waals surface area contributed by atoms with Crippen molar-refractivity contribution in [2.24, 2.45) is 0 Å². The zero-order valence-corrected chi connectivity index (χ0v) is 21.2. The highest BCUT2D eigenvalue weighted by Crippen LogP contribution is 2.22. The van der Waals surface area contributed by atoms with Gasteiger partial charge in [-0.2, -0.15) is 0 Å². The van der Waals surface area contributed by atoms with Crippen molar-refractivity contribution in [1.82, 2.24) is 4.57 Å². The van der Waals surface area contributed by atoms with Gasteiger partial charge in [0.05, 0.1) is 19.7 Å². The molecule has 1 N–H and O–H groups in total. The number of anilines is 1. The minimum Gasteiger partial charge on any atom is -0.497 e. The Bertz CT molecular complexity index is 1400. The minimum absolute atomic E-state index is 0.0925. The summed E-state index contributed by atoms with van der Waals surface area (Å²) >= 11 is 0. The Morgan fingerprint density at radius 1 is 0.861 bits per heavy atom. The Morgan fingerprint density at radius 2 is 1.53 bits per heavy atom. The second-order valence-electron chi connectivity index (χ2n) is 9.16. The smallest absolute Gasteiger partial charge is 0.254 e. The first-order valence-electron chi connectivity index (χ1n) is 12.1. The summed E-state index contributed by atoms with van der Waals surface area (Å²) in [6, 6.07) is 23.1. The normalized spacial score (nSPS) is 11.0. The zero-order chi connectivity index (χ0) is 25.7. The zero-order valence-electron chi connectivity index (χ0n) is 21.2. The number of methoxy groups -OCH3 is 2. The third kappa shape index (κ3) is 5.77. The number of rotatable bonds is 9. The third-order valence-electron chi connectivity index (χ3n) is 6.38. The lowest BCUT2D eigenvalue weighted by Crippen LogP contribution is -2.30. The van der Waals surface area contributed by atoms with E-state index in [1.165, 1.54) is 5.56 Å². The summed E-state index contributed by atoms with van der Waals surface area (Å²) in [6.45, 7) is 4.16. The minimum atomic E-state index is -0.258. The molecular formula is C30H32N2O4. The van der Waals surface area contributed by atoms with E-state index in [0.717, 1.165) is 16.7 Å². The van der Waals surface area contributed by atoms with E-state index in [1.807, 2.05) is 66.7 Å². The Hall–Kier alpha value is -4.06. The monoisotopic (exact) mass is 484 g/mol. The SMILES string of the molecule is COc1ccc(CCc2cc3ccc(OC)cc3n(CC(=O)Nc3ccc(C(C)C)cc3)c2=O)cc1. The molecule has 0 aliphatic rings. The van der Waals surface area contributed by atoms with Crippen LogP contribution >= 0.6 is 0 Å². The van der Waals surface area contributed by atoms with E-state index in [2.05, 4.69) is 19.2 Å². The van der Waals surface area contributed by atoms with Gasteiger partial charge in [-0.3, -0.25) is 14.2 Å². The first-order valence-corrected chi connectivity index (χ1v) is 12.1. The van der Waals surface area contributed by atoms with Crippen LogP contribution in [-0.2, 0) is 24.2 Å². The fourth-order valence-corrected chi connectivity index (χ4v) is 4.24. The molecule has 3 aromatic carbocycles. The molecule has 0 saturated heterocycles. The molecule has 0 atom stereocenters. The topological polar surface area (TPSA) is 69.6 Å². The van der Waals surface area contributed by atoms with E-state index < -0.39 is 0 Å². The van der Waals surface area contributed by atoms with E-state index in [0.29, 0.717) is 41.3 Å². The summed E-state index contributed by atoms with van der Waals surface area (Å²) in [7, 11) is 3.22. The lowest BCUT2D eigenvalue weighted by molar-refractivity contribution is -0.116. The van der Waals surface area contributed by atoms with Crippen LogP contribution < -0.4 is 20.3 Å². The highest BCUT2D eigenvalue weighted by Gasteiger charge is 2.14. The number of nitrogens with zero attached hydrogens (tertiary/aromatic N) is 1. The maximum Gasteiger partial charge on any atom is 0.254 e. The molecular weight excluding hydrogens is 452 g/mol. The number of hydrogen-bond donors (Lipinski definition) is 1. The molecule has 1 amide bonds. The van der Waals surface area contributed by atoms with Crippen molar-refractivity contribution in [3.8, 4) is 11.5 Å². The summed E-state index contributed by atoms with van der Waals surface area (Å²) in [5.74, 6) is 1.58. The van der Waals surface area contributed by atoms with E-state index in [9.17, 15) is 9.59 Å². The summed E-state index contributed by atoms with van der Waals surface area (Å²) in [6.07, 6.45) is 1.26. The number of carbonyl (C=O) groups is 1. The second-order valence-corrected chi connectivity index (χ2v) is 9.16. The fraction of sp³-hybridized carbons (Fsp3) is 0.267. The van der Waals surface area contributed by atoms with Gasteiger partial charge in [0.25, 0.3) is 5.56 Å². The van der Waals surface area contributed by atoms with Crippen molar-refractivity contribution in [3.63, 3.8) is 0 Å². The quantitative estimate of drug-likeness (QED) is 0.337. The number of pyridine rings is 1. The number of nitrogens with one attached hydrogen (secondary N) is 1. The maximum atomic E-state index is 13.5. The number of aromatic nitrogens is 1. The molecule has 4 aromatic rings. The number of aryl methyl sites for hydroxylation is 2.